The van der Waals surface area contributed by atoms with Gasteiger partial charge < -0.3 is 29.1 Å². The smallest absolute Gasteiger partial charge is 0.226 e. The zero-order valence-corrected chi connectivity index (χ0v) is 21.3. The number of methoxy groups -OCH3 is 2. The second-order valence-electron chi connectivity index (χ2n) is 10.3. The molecule has 188 valence electrons. The lowest BCUT2D eigenvalue weighted by molar-refractivity contribution is -0.106. The molecule has 2 fully saturated rings. The molecule has 1 aliphatic carbocycles. The van der Waals surface area contributed by atoms with Gasteiger partial charge in [-0.1, -0.05) is 42.5 Å². The van der Waals surface area contributed by atoms with E-state index < -0.39 is 11.2 Å². The molecular formula is C29H33N3O4. The summed E-state index contributed by atoms with van der Waals surface area (Å²) in [5, 5.41) is 12.5. The van der Waals surface area contributed by atoms with Gasteiger partial charge in [-0.2, -0.15) is 4.98 Å². The highest BCUT2D eigenvalue weighted by Crippen LogP contribution is 2.68. The highest BCUT2D eigenvalue weighted by molar-refractivity contribution is 5.60. The predicted octanol–water partition coefficient (Wildman–Crippen LogP) is 3.90. The minimum Gasteiger partial charge on any atom is -0.481 e. The van der Waals surface area contributed by atoms with Gasteiger partial charge in [-0.15, -0.1) is 0 Å². The van der Waals surface area contributed by atoms with E-state index in [0.29, 0.717) is 35.5 Å². The number of anilines is 1. The van der Waals surface area contributed by atoms with Gasteiger partial charge in [0.05, 0.1) is 19.8 Å². The Morgan fingerprint density at radius 3 is 2.39 bits per heavy atom. The molecule has 6 rings (SSSR count). The number of likely N-dealkylation sites (N-methyl/N-ethyl adjacent to an activating group) is 1. The Bertz CT molecular complexity index is 1260. The molecule has 1 saturated carbocycles. The number of aromatic nitrogens is 1. The summed E-state index contributed by atoms with van der Waals surface area (Å²) in [4.78, 5) is 9.14. The number of fused-ring (bicyclic) bond motifs is 3. The van der Waals surface area contributed by atoms with Crippen LogP contribution in [-0.4, -0.2) is 62.4 Å². The average Bonchev–Trinajstić information content (AvgIpc) is 3.30. The number of aliphatic hydroxyl groups is 1. The molecule has 7 heteroatoms. The molecule has 1 saturated heterocycles. The molecule has 0 bridgehead atoms. The molecule has 2 aromatic carbocycles. The molecule has 7 nitrogen and oxygen atoms in total. The molecular weight excluding hydrogens is 454 g/mol. The van der Waals surface area contributed by atoms with Gasteiger partial charge in [0.1, 0.15) is 11.4 Å². The van der Waals surface area contributed by atoms with Crippen molar-refractivity contribution in [2.24, 2.45) is 0 Å². The summed E-state index contributed by atoms with van der Waals surface area (Å²) in [5.74, 6) is 1.24. The van der Waals surface area contributed by atoms with E-state index in [-0.39, 0.29) is 5.92 Å². The Morgan fingerprint density at radius 2 is 1.75 bits per heavy atom. The maximum absolute atomic E-state index is 12.5. The van der Waals surface area contributed by atoms with Crippen molar-refractivity contribution in [3.8, 4) is 17.5 Å². The number of rotatable bonds is 6. The molecule has 0 spiro atoms. The van der Waals surface area contributed by atoms with Crippen molar-refractivity contribution in [1.82, 2.24) is 9.88 Å². The van der Waals surface area contributed by atoms with Gasteiger partial charge in [0.2, 0.25) is 11.8 Å². The standard InChI is InChI=1S/C29H33N3O4/c1-31(2)22-17-32(18-22)21-12-10-20(11-13-21)29-23(19-8-6-5-7-9-19)14-15-28(29,33)26-24(36-29)16-25(34-3)30-27(26)35-4/h5-13,16,22-23,33H,14-15,17-18H2,1-4H3. The van der Waals surface area contributed by atoms with Crippen molar-refractivity contribution < 1.29 is 19.3 Å². The third-order valence-corrected chi connectivity index (χ3v) is 8.37. The number of pyridine rings is 1. The topological polar surface area (TPSA) is 67.3 Å². The fourth-order valence-corrected chi connectivity index (χ4v) is 6.36. The monoisotopic (exact) mass is 487 g/mol. The molecule has 36 heavy (non-hydrogen) atoms. The third kappa shape index (κ3) is 3.15. The Morgan fingerprint density at radius 1 is 1.03 bits per heavy atom. The van der Waals surface area contributed by atoms with Gasteiger partial charge in [-0.3, -0.25) is 0 Å². The normalized spacial score (nSPS) is 26.8. The van der Waals surface area contributed by atoms with Gasteiger partial charge in [0.15, 0.2) is 5.60 Å². The summed E-state index contributed by atoms with van der Waals surface area (Å²) in [7, 11) is 7.39. The summed E-state index contributed by atoms with van der Waals surface area (Å²) in [6, 6.07) is 21.2. The number of ether oxygens (including phenoxy) is 3. The van der Waals surface area contributed by atoms with Crippen LogP contribution in [0.25, 0.3) is 0 Å². The quantitative estimate of drug-likeness (QED) is 0.566. The molecule has 0 radical (unpaired) electrons. The minimum atomic E-state index is -1.30. The van der Waals surface area contributed by atoms with E-state index in [1.807, 2.05) is 18.2 Å². The Balaban J connectivity index is 1.47. The molecule has 3 unspecified atom stereocenters. The van der Waals surface area contributed by atoms with Crippen molar-refractivity contribution in [2.75, 3.05) is 46.3 Å². The fraction of sp³-hybridized carbons (Fsp3) is 0.414. The lowest BCUT2D eigenvalue weighted by Crippen LogP contribution is -2.57. The van der Waals surface area contributed by atoms with E-state index in [0.717, 1.165) is 30.6 Å². The second-order valence-corrected chi connectivity index (χ2v) is 10.3. The van der Waals surface area contributed by atoms with E-state index in [2.05, 4.69) is 65.3 Å². The first kappa shape index (κ1) is 23.1. The van der Waals surface area contributed by atoms with Crippen molar-refractivity contribution in [3.05, 3.63) is 77.4 Å². The first-order valence-corrected chi connectivity index (χ1v) is 12.5. The van der Waals surface area contributed by atoms with E-state index >= 15 is 0 Å². The second kappa shape index (κ2) is 8.39. The highest BCUT2D eigenvalue weighted by Gasteiger charge is 2.69. The van der Waals surface area contributed by atoms with E-state index in [1.165, 1.54) is 5.69 Å². The zero-order chi connectivity index (χ0) is 25.1. The molecule has 1 N–H and O–H groups in total. The Hall–Kier alpha value is -3.29. The molecule has 3 aliphatic rings. The predicted molar refractivity (Wildman–Crippen MR) is 138 cm³/mol. The van der Waals surface area contributed by atoms with Crippen LogP contribution in [0.4, 0.5) is 5.69 Å². The summed E-state index contributed by atoms with van der Waals surface area (Å²) in [6.07, 6.45) is 1.30. The van der Waals surface area contributed by atoms with Crippen LogP contribution >= 0.6 is 0 Å². The molecule has 1 aromatic heterocycles. The highest BCUT2D eigenvalue weighted by atomic mass is 16.5. The van der Waals surface area contributed by atoms with Gasteiger partial charge in [-0.25, -0.2) is 0 Å². The van der Waals surface area contributed by atoms with Gasteiger partial charge in [0, 0.05) is 36.8 Å². The van der Waals surface area contributed by atoms with Crippen molar-refractivity contribution in [3.63, 3.8) is 0 Å². The van der Waals surface area contributed by atoms with Crippen molar-refractivity contribution in [2.45, 2.75) is 36.0 Å². The van der Waals surface area contributed by atoms with Crippen LogP contribution in [0, 0.1) is 0 Å². The molecule has 2 aliphatic heterocycles. The Kier molecular flexibility index (Phi) is 5.39. The third-order valence-electron chi connectivity index (χ3n) is 8.37. The van der Waals surface area contributed by atoms with E-state index in [4.69, 9.17) is 14.2 Å². The fourth-order valence-electron chi connectivity index (χ4n) is 6.36. The first-order valence-electron chi connectivity index (χ1n) is 12.5. The zero-order valence-electron chi connectivity index (χ0n) is 21.3. The van der Waals surface area contributed by atoms with E-state index in [9.17, 15) is 5.11 Å². The number of hydrogen-bond acceptors (Lipinski definition) is 7. The van der Waals surface area contributed by atoms with Gasteiger partial charge >= 0.3 is 0 Å². The number of hydrogen-bond donors (Lipinski definition) is 1. The molecule has 3 atom stereocenters. The lowest BCUT2D eigenvalue weighted by Gasteiger charge is -2.45. The molecule has 0 amide bonds. The van der Waals surface area contributed by atoms with Crippen LogP contribution in [0.1, 0.15) is 35.4 Å². The molecule has 3 heterocycles. The number of benzene rings is 2. The van der Waals surface area contributed by atoms with Gasteiger partial charge in [-0.05, 0) is 50.2 Å². The van der Waals surface area contributed by atoms with Crippen LogP contribution in [0.15, 0.2) is 60.7 Å². The summed E-state index contributed by atoms with van der Waals surface area (Å²) in [5.41, 5.74) is 1.55. The maximum Gasteiger partial charge on any atom is 0.226 e. The van der Waals surface area contributed by atoms with E-state index in [1.54, 1.807) is 20.3 Å². The lowest BCUT2D eigenvalue weighted by atomic mass is 9.72. The van der Waals surface area contributed by atoms with Crippen LogP contribution in [-0.2, 0) is 11.2 Å². The van der Waals surface area contributed by atoms with Crippen molar-refractivity contribution >= 4 is 5.69 Å². The number of nitrogens with zero attached hydrogens (tertiary/aromatic N) is 3. The largest absolute Gasteiger partial charge is 0.481 e. The van der Waals surface area contributed by atoms with Crippen LogP contribution in [0.2, 0.25) is 0 Å². The van der Waals surface area contributed by atoms with Crippen LogP contribution in [0.3, 0.4) is 0 Å². The summed E-state index contributed by atoms with van der Waals surface area (Å²) < 4.78 is 17.9. The summed E-state index contributed by atoms with van der Waals surface area (Å²) >= 11 is 0. The van der Waals surface area contributed by atoms with Gasteiger partial charge in [0.25, 0.3) is 0 Å². The summed E-state index contributed by atoms with van der Waals surface area (Å²) in [6.45, 7) is 2.03. The van der Waals surface area contributed by atoms with Crippen LogP contribution in [0.5, 0.6) is 17.5 Å². The SMILES string of the molecule is COc1cc2c(c(OC)n1)C1(O)CCC(c3ccccc3)C1(c1ccc(N3CC(N(C)C)C3)cc1)O2. The molecule has 3 aromatic rings. The first-order chi connectivity index (χ1) is 17.4. The van der Waals surface area contributed by atoms with Crippen LogP contribution < -0.4 is 19.1 Å². The average molecular weight is 488 g/mol. The minimum absolute atomic E-state index is 0.0558. The van der Waals surface area contributed by atoms with Crippen molar-refractivity contribution in [1.29, 1.82) is 0 Å². The Labute approximate surface area is 212 Å². The maximum atomic E-state index is 12.5.